The van der Waals surface area contributed by atoms with Crippen molar-refractivity contribution in [2.45, 2.75) is 6.18 Å². The van der Waals surface area contributed by atoms with Gasteiger partial charge in [-0.2, -0.15) is 13.2 Å². The molecule has 1 N–H and O–H groups in total. The summed E-state index contributed by atoms with van der Waals surface area (Å²) in [5.41, 5.74) is -1.20. The third-order valence-corrected chi connectivity index (χ3v) is 3.12. The van der Waals surface area contributed by atoms with Crippen molar-refractivity contribution < 1.29 is 22.4 Å². The summed E-state index contributed by atoms with van der Waals surface area (Å²) in [7, 11) is 0. The second-order valence-corrected chi connectivity index (χ2v) is 5.07. The molecule has 2 aromatic rings. The Morgan fingerprint density at radius 1 is 1.10 bits per heavy atom. The Morgan fingerprint density at radius 2 is 1.81 bits per heavy atom. The zero-order valence-corrected chi connectivity index (χ0v) is 11.9. The quantitative estimate of drug-likeness (QED) is 0.760. The zero-order valence-electron chi connectivity index (χ0n) is 10.3. The molecular formula is C14H8BrF4NO. The molecule has 0 aliphatic rings. The van der Waals surface area contributed by atoms with Gasteiger partial charge in [0.25, 0.3) is 5.91 Å². The molecule has 21 heavy (non-hydrogen) atoms. The van der Waals surface area contributed by atoms with Gasteiger partial charge in [0.15, 0.2) is 0 Å². The van der Waals surface area contributed by atoms with E-state index in [1.54, 1.807) is 0 Å². The van der Waals surface area contributed by atoms with Crippen molar-refractivity contribution >= 4 is 27.5 Å². The van der Waals surface area contributed by atoms with Crippen LogP contribution in [0.25, 0.3) is 0 Å². The Bertz CT molecular complexity index is 685. The van der Waals surface area contributed by atoms with Crippen LogP contribution in [0.1, 0.15) is 15.9 Å². The number of carbonyl (C=O) groups excluding carboxylic acids is 1. The van der Waals surface area contributed by atoms with Crippen LogP contribution in [0.3, 0.4) is 0 Å². The first-order valence-corrected chi connectivity index (χ1v) is 6.50. The van der Waals surface area contributed by atoms with Crippen LogP contribution in [0.5, 0.6) is 0 Å². The molecule has 2 rings (SSSR count). The fourth-order valence-electron chi connectivity index (χ4n) is 1.65. The van der Waals surface area contributed by atoms with E-state index >= 15 is 0 Å². The average Bonchev–Trinajstić information content (AvgIpc) is 2.37. The number of nitrogens with one attached hydrogen (secondary N) is 1. The number of halogens is 5. The fourth-order valence-corrected chi connectivity index (χ4v) is 1.98. The normalized spacial score (nSPS) is 11.3. The van der Waals surface area contributed by atoms with Crippen LogP contribution in [0, 0.1) is 5.82 Å². The van der Waals surface area contributed by atoms with Gasteiger partial charge in [-0.05, 0) is 36.4 Å². The highest BCUT2D eigenvalue weighted by Gasteiger charge is 2.30. The maximum Gasteiger partial charge on any atom is 0.416 e. The van der Waals surface area contributed by atoms with Crippen LogP contribution in [0.2, 0.25) is 0 Å². The predicted molar refractivity (Wildman–Crippen MR) is 73.5 cm³/mol. The summed E-state index contributed by atoms with van der Waals surface area (Å²) in [6.45, 7) is 0. The minimum absolute atomic E-state index is 0.0582. The monoisotopic (exact) mass is 361 g/mol. The van der Waals surface area contributed by atoms with E-state index < -0.39 is 23.5 Å². The second kappa shape index (κ2) is 5.85. The van der Waals surface area contributed by atoms with Crippen LogP contribution in [-0.2, 0) is 6.18 Å². The molecule has 0 saturated carbocycles. The van der Waals surface area contributed by atoms with E-state index in [0.29, 0.717) is 4.47 Å². The predicted octanol–water partition coefficient (Wildman–Crippen LogP) is 4.86. The number of alkyl halides is 3. The number of hydrogen-bond acceptors (Lipinski definition) is 1. The minimum atomic E-state index is -4.51. The molecule has 0 aliphatic carbocycles. The Morgan fingerprint density at radius 3 is 2.43 bits per heavy atom. The van der Waals surface area contributed by atoms with Gasteiger partial charge in [-0.1, -0.05) is 22.0 Å². The molecule has 0 atom stereocenters. The van der Waals surface area contributed by atoms with Gasteiger partial charge < -0.3 is 5.32 Å². The van der Waals surface area contributed by atoms with Gasteiger partial charge in [0.1, 0.15) is 5.82 Å². The first-order chi connectivity index (χ1) is 9.77. The van der Waals surface area contributed by atoms with Gasteiger partial charge in [0.2, 0.25) is 0 Å². The highest BCUT2D eigenvalue weighted by Crippen LogP contribution is 2.30. The maximum absolute atomic E-state index is 13.6. The fraction of sp³-hybridized carbons (Fsp3) is 0.0714. The third-order valence-electron chi connectivity index (χ3n) is 2.62. The highest BCUT2D eigenvalue weighted by atomic mass is 79.9. The first-order valence-electron chi connectivity index (χ1n) is 5.71. The Hall–Kier alpha value is -1.89. The van der Waals surface area contributed by atoms with Crippen molar-refractivity contribution in [2.24, 2.45) is 0 Å². The van der Waals surface area contributed by atoms with E-state index in [2.05, 4.69) is 21.2 Å². The van der Waals surface area contributed by atoms with Crippen molar-refractivity contribution in [1.82, 2.24) is 0 Å². The van der Waals surface area contributed by atoms with Crippen LogP contribution in [0.15, 0.2) is 46.9 Å². The molecule has 1 amide bonds. The maximum atomic E-state index is 13.6. The summed E-state index contributed by atoms with van der Waals surface area (Å²) < 4.78 is 51.7. The first kappa shape index (κ1) is 15.5. The molecule has 0 spiro atoms. The Labute approximate surface area is 125 Å². The summed E-state index contributed by atoms with van der Waals surface area (Å²) in [4.78, 5) is 11.9. The molecule has 2 aromatic carbocycles. The van der Waals surface area contributed by atoms with Crippen molar-refractivity contribution in [3.63, 3.8) is 0 Å². The van der Waals surface area contributed by atoms with Crippen LogP contribution in [-0.4, -0.2) is 5.91 Å². The Kier molecular flexibility index (Phi) is 4.32. The minimum Gasteiger partial charge on any atom is -0.322 e. The van der Waals surface area contributed by atoms with Crippen LogP contribution >= 0.6 is 15.9 Å². The summed E-state index contributed by atoms with van der Waals surface area (Å²) in [6, 6.07) is 7.93. The number of anilines is 1. The van der Waals surface area contributed by atoms with Crippen molar-refractivity contribution in [1.29, 1.82) is 0 Å². The van der Waals surface area contributed by atoms with Gasteiger partial charge in [0.05, 0.1) is 11.1 Å². The largest absolute Gasteiger partial charge is 0.416 e. The summed E-state index contributed by atoms with van der Waals surface area (Å²) in [5.74, 6) is -1.59. The van der Waals surface area contributed by atoms with E-state index in [-0.39, 0.29) is 11.3 Å². The molecule has 0 aromatic heterocycles. The topological polar surface area (TPSA) is 29.1 Å². The molecule has 0 aliphatic heterocycles. The molecule has 0 saturated heterocycles. The van der Waals surface area contributed by atoms with Gasteiger partial charge in [0, 0.05) is 10.2 Å². The summed E-state index contributed by atoms with van der Waals surface area (Å²) in [5, 5.41) is 2.24. The molecule has 7 heteroatoms. The number of amides is 1. The zero-order chi connectivity index (χ0) is 15.6. The second-order valence-electron chi connectivity index (χ2n) is 4.16. The third kappa shape index (κ3) is 3.81. The summed E-state index contributed by atoms with van der Waals surface area (Å²) >= 11 is 3.05. The number of benzene rings is 2. The molecule has 0 radical (unpaired) electrons. The average molecular weight is 362 g/mol. The number of rotatable bonds is 2. The van der Waals surface area contributed by atoms with Gasteiger partial charge >= 0.3 is 6.18 Å². The van der Waals surface area contributed by atoms with E-state index in [4.69, 9.17) is 0 Å². The number of hydrogen-bond donors (Lipinski definition) is 1. The Balaban J connectivity index is 2.24. The molecule has 0 unspecified atom stereocenters. The lowest BCUT2D eigenvalue weighted by atomic mass is 10.1. The van der Waals surface area contributed by atoms with E-state index in [0.717, 1.165) is 24.3 Å². The molecule has 0 fully saturated rings. The lowest BCUT2D eigenvalue weighted by molar-refractivity contribution is -0.137. The van der Waals surface area contributed by atoms with Crippen molar-refractivity contribution in [2.75, 3.05) is 5.32 Å². The molecule has 0 bridgehead atoms. The number of carbonyl (C=O) groups is 1. The smallest absolute Gasteiger partial charge is 0.322 e. The standard InChI is InChI=1S/C14H8BrF4NO/c15-9-4-5-11(12(16)7-9)13(21)20-10-3-1-2-8(6-10)14(17,18)19/h1-7H,(H,20,21). The van der Waals surface area contributed by atoms with E-state index in [1.165, 1.54) is 18.2 Å². The van der Waals surface area contributed by atoms with Gasteiger partial charge in [-0.25, -0.2) is 4.39 Å². The van der Waals surface area contributed by atoms with Gasteiger partial charge in [-0.15, -0.1) is 0 Å². The van der Waals surface area contributed by atoms with Gasteiger partial charge in [-0.3, -0.25) is 4.79 Å². The molecule has 2 nitrogen and oxygen atoms in total. The molecule has 0 heterocycles. The lowest BCUT2D eigenvalue weighted by Gasteiger charge is -2.10. The van der Waals surface area contributed by atoms with E-state index in [1.807, 2.05) is 0 Å². The SMILES string of the molecule is O=C(Nc1cccc(C(F)(F)F)c1)c1ccc(Br)cc1F. The van der Waals surface area contributed by atoms with Crippen molar-refractivity contribution in [3.8, 4) is 0 Å². The van der Waals surface area contributed by atoms with Crippen LogP contribution < -0.4 is 5.32 Å². The van der Waals surface area contributed by atoms with E-state index in [9.17, 15) is 22.4 Å². The molecular weight excluding hydrogens is 354 g/mol. The molecule has 110 valence electrons. The lowest BCUT2D eigenvalue weighted by Crippen LogP contribution is -2.14. The van der Waals surface area contributed by atoms with Crippen molar-refractivity contribution in [3.05, 3.63) is 63.9 Å². The summed E-state index contributed by atoms with van der Waals surface area (Å²) in [6.07, 6.45) is -4.51. The highest BCUT2D eigenvalue weighted by molar-refractivity contribution is 9.10. The van der Waals surface area contributed by atoms with Crippen LogP contribution in [0.4, 0.5) is 23.2 Å².